The number of aliphatic hydroxyl groups excluding tert-OH is 1. The van der Waals surface area contributed by atoms with Crippen molar-refractivity contribution in [3.8, 4) is 5.75 Å². The van der Waals surface area contributed by atoms with Gasteiger partial charge in [-0.2, -0.15) is 0 Å². The molecule has 8 heteroatoms. The van der Waals surface area contributed by atoms with Gasteiger partial charge in [0.2, 0.25) is 0 Å². The van der Waals surface area contributed by atoms with E-state index in [1.54, 1.807) is 29.2 Å². The van der Waals surface area contributed by atoms with Crippen molar-refractivity contribution in [1.29, 1.82) is 0 Å². The average Bonchev–Trinajstić information content (AvgIpc) is 2.60. The van der Waals surface area contributed by atoms with E-state index in [-0.39, 0.29) is 12.6 Å². The number of aliphatic hydroxyl groups is 1. The highest BCUT2D eigenvalue weighted by atomic mass is 16.6. The Hall–Kier alpha value is -2.58. The molecule has 1 saturated heterocycles. The van der Waals surface area contributed by atoms with E-state index >= 15 is 0 Å². The topological polar surface area (TPSA) is 99.5 Å². The number of carbonyl (C=O) groups is 2. The minimum Gasteiger partial charge on any atom is -0.478 e. The Labute approximate surface area is 170 Å². The van der Waals surface area contributed by atoms with Gasteiger partial charge >= 0.3 is 12.1 Å². The molecule has 2 heterocycles. The summed E-state index contributed by atoms with van der Waals surface area (Å²) in [6.45, 7) is 5.76. The fraction of sp³-hybridized carbons (Fsp3) is 0.524. The van der Waals surface area contributed by atoms with Crippen LogP contribution in [-0.2, 0) is 9.53 Å². The van der Waals surface area contributed by atoms with E-state index in [2.05, 4.69) is 0 Å². The maximum Gasteiger partial charge on any atom is 0.410 e. The molecule has 1 aromatic rings. The summed E-state index contributed by atoms with van der Waals surface area (Å²) < 4.78 is 10.5. The van der Waals surface area contributed by atoms with Gasteiger partial charge < -0.3 is 24.6 Å². The van der Waals surface area contributed by atoms with Crippen LogP contribution in [0.4, 0.5) is 4.79 Å². The molecular weight excluding hydrogens is 376 g/mol. The number of amides is 1. The summed E-state index contributed by atoms with van der Waals surface area (Å²) in [6.07, 6.45) is 0.0908. The predicted molar refractivity (Wildman–Crippen MR) is 106 cm³/mol. The van der Waals surface area contributed by atoms with Gasteiger partial charge in [0.05, 0.1) is 11.6 Å². The molecule has 2 atom stereocenters. The largest absolute Gasteiger partial charge is 0.478 e. The van der Waals surface area contributed by atoms with Crippen molar-refractivity contribution < 1.29 is 29.3 Å². The van der Waals surface area contributed by atoms with Crippen molar-refractivity contribution in [2.45, 2.75) is 44.9 Å². The van der Waals surface area contributed by atoms with Gasteiger partial charge in [0.1, 0.15) is 11.4 Å². The average molecular weight is 404 g/mol. The van der Waals surface area contributed by atoms with Gasteiger partial charge in [-0.05, 0) is 57.5 Å². The second-order valence-electron chi connectivity index (χ2n) is 8.42. The SMILES string of the molecule is CN1C2CC(c3ccc(OCO)cc3)=C(C(=O)O)C1CN(C(=O)OC(C)(C)C)C2. The van der Waals surface area contributed by atoms with E-state index < -0.39 is 30.5 Å². The van der Waals surface area contributed by atoms with E-state index in [0.717, 1.165) is 11.1 Å². The van der Waals surface area contributed by atoms with Crippen LogP contribution in [0.3, 0.4) is 0 Å². The zero-order valence-corrected chi connectivity index (χ0v) is 17.2. The molecule has 0 aromatic heterocycles. The molecule has 1 aromatic carbocycles. The summed E-state index contributed by atoms with van der Waals surface area (Å²) in [5, 5.41) is 18.8. The van der Waals surface area contributed by atoms with Crippen LogP contribution in [0, 0.1) is 0 Å². The third-order valence-electron chi connectivity index (χ3n) is 5.31. The molecule has 2 bridgehead atoms. The predicted octanol–water partition coefficient (Wildman–Crippen LogP) is 2.18. The Bertz CT molecular complexity index is 811. The summed E-state index contributed by atoms with van der Waals surface area (Å²) in [4.78, 5) is 28.4. The van der Waals surface area contributed by atoms with Crippen LogP contribution in [0.5, 0.6) is 5.75 Å². The Morgan fingerprint density at radius 1 is 1.17 bits per heavy atom. The summed E-state index contributed by atoms with van der Waals surface area (Å²) in [5.74, 6) is -0.477. The normalized spacial score (nSPS) is 22.4. The smallest absolute Gasteiger partial charge is 0.410 e. The molecule has 2 aliphatic rings. The van der Waals surface area contributed by atoms with Gasteiger partial charge in [0, 0.05) is 19.1 Å². The van der Waals surface area contributed by atoms with Crippen molar-refractivity contribution in [2.24, 2.45) is 0 Å². The highest BCUT2D eigenvalue weighted by molar-refractivity contribution is 5.98. The first kappa shape index (κ1) is 21.1. The third-order valence-corrected chi connectivity index (χ3v) is 5.31. The first-order valence-corrected chi connectivity index (χ1v) is 9.61. The van der Waals surface area contributed by atoms with E-state index in [1.165, 1.54) is 0 Å². The molecule has 2 N–H and O–H groups in total. The number of ether oxygens (including phenoxy) is 2. The molecule has 1 fully saturated rings. The number of aliphatic carboxylic acids is 1. The Morgan fingerprint density at radius 3 is 2.38 bits per heavy atom. The highest BCUT2D eigenvalue weighted by Gasteiger charge is 2.44. The van der Waals surface area contributed by atoms with E-state index in [0.29, 0.717) is 24.3 Å². The summed E-state index contributed by atoms with van der Waals surface area (Å²) in [6, 6.07) is 6.59. The lowest BCUT2D eigenvalue weighted by Gasteiger charge is -2.49. The Kier molecular flexibility index (Phi) is 5.86. The van der Waals surface area contributed by atoms with Crippen LogP contribution in [0.25, 0.3) is 5.57 Å². The molecule has 0 spiro atoms. The van der Waals surface area contributed by atoms with Crippen LogP contribution in [0.15, 0.2) is 29.8 Å². The van der Waals surface area contributed by atoms with Crippen molar-refractivity contribution in [2.75, 3.05) is 26.9 Å². The summed E-state index contributed by atoms with van der Waals surface area (Å²) in [5.41, 5.74) is 1.27. The second-order valence-corrected chi connectivity index (χ2v) is 8.42. The number of nitrogens with zero attached hydrogens (tertiary/aromatic N) is 2. The lowest BCUT2D eigenvalue weighted by molar-refractivity contribution is -0.134. The zero-order valence-electron chi connectivity index (χ0n) is 17.2. The number of benzene rings is 1. The molecular formula is C21H28N2O6. The van der Waals surface area contributed by atoms with Crippen molar-refractivity contribution in [1.82, 2.24) is 9.80 Å². The first-order chi connectivity index (χ1) is 13.6. The van der Waals surface area contributed by atoms with Gasteiger partial charge in [-0.15, -0.1) is 0 Å². The minimum absolute atomic E-state index is 0.00673. The Balaban J connectivity index is 1.93. The number of carbonyl (C=O) groups excluding carboxylic acids is 1. The number of piperazine rings is 1. The number of rotatable bonds is 4. The van der Waals surface area contributed by atoms with Crippen LogP contribution >= 0.6 is 0 Å². The maximum absolute atomic E-state index is 12.6. The molecule has 0 aliphatic carbocycles. The quantitative estimate of drug-likeness (QED) is 0.742. The number of hydrogen-bond acceptors (Lipinski definition) is 6. The highest BCUT2D eigenvalue weighted by Crippen LogP contribution is 2.38. The van der Waals surface area contributed by atoms with E-state index in [1.807, 2.05) is 32.7 Å². The molecule has 8 nitrogen and oxygen atoms in total. The standard InChI is InChI=1S/C21H28N2O6/c1-21(2,3)29-20(27)23-10-14-9-16(13-5-7-15(8-6-13)28-12-24)18(19(25)26)17(11-23)22(14)4/h5-8,14,17,24H,9-12H2,1-4H3,(H,25,26). The lowest BCUT2D eigenvalue weighted by Crippen LogP contribution is -2.62. The number of carboxylic acids is 1. The molecule has 1 amide bonds. The third kappa shape index (κ3) is 4.54. The number of hydrogen-bond donors (Lipinski definition) is 2. The Morgan fingerprint density at radius 2 is 1.83 bits per heavy atom. The summed E-state index contributed by atoms with van der Waals surface area (Å²) >= 11 is 0. The molecule has 2 unspecified atom stereocenters. The van der Waals surface area contributed by atoms with Gasteiger partial charge in [-0.25, -0.2) is 9.59 Å². The van der Waals surface area contributed by atoms with Crippen LogP contribution in [0.1, 0.15) is 32.8 Å². The number of fused-ring (bicyclic) bond motifs is 2. The van der Waals surface area contributed by atoms with Crippen molar-refractivity contribution >= 4 is 17.6 Å². The molecule has 29 heavy (non-hydrogen) atoms. The first-order valence-electron chi connectivity index (χ1n) is 9.61. The summed E-state index contributed by atoms with van der Waals surface area (Å²) in [7, 11) is 1.90. The van der Waals surface area contributed by atoms with Gasteiger partial charge in [-0.3, -0.25) is 4.90 Å². The molecule has 3 rings (SSSR count). The second kappa shape index (κ2) is 8.04. The van der Waals surface area contributed by atoms with Gasteiger partial charge in [-0.1, -0.05) is 12.1 Å². The molecule has 0 radical (unpaired) electrons. The zero-order chi connectivity index (χ0) is 21.3. The van der Waals surface area contributed by atoms with E-state index in [9.17, 15) is 14.7 Å². The van der Waals surface area contributed by atoms with Crippen LogP contribution < -0.4 is 4.74 Å². The molecule has 158 valence electrons. The van der Waals surface area contributed by atoms with Gasteiger partial charge in [0.15, 0.2) is 6.79 Å². The minimum atomic E-state index is -0.989. The fourth-order valence-corrected chi connectivity index (χ4v) is 3.95. The van der Waals surface area contributed by atoms with Crippen LogP contribution in [0.2, 0.25) is 0 Å². The monoisotopic (exact) mass is 404 g/mol. The maximum atomic E-state index is 12.6. The van der Waals surface area contributed by atoms with Gasteiger partial charge in [0.25, 0.3) is 0 Å². The van der Waals surface area contributed by atoms with Crippen molar-refractivity contribution in [3.05, 3.63) is 35.4 Å². The number of likely N-dealkylation sites (N-methyl/N-ethyl adjacent to an activating group) is 1. The molecule has 2 aliphatic heterocycles. The van der Waals surface area contributed by atoms with Crippen LogP contribution in [-0.4, -0.2) is 76.7 Å². The fourth-order valence-electron chi connectivity index (χ4n) is 3.95. The molecule has 0 saturated carbocycles. The van der Waals surface area contributed by atoms with Crippen molar-refractivity contribution in [3.63, 3.8) is 0 Å². The lowest BCUT2D eigenvalue weighted by atomic mass is 9.82. The van der Waals surface area contributed by atoms with E-state index in [4.69, 9.17) is 14.6 Å². The number of carboxylic acid groups (broad SMARTS) is 1.